The second kappa shape index (κ2) is 10.5. The van der Waals surface area contributed by atoms with E-state index in [0.717, 1.165) is 34.0 Å². The van der Waals surface area contributed by atoms with E-state index in [1.54, 1.807) is 20.3 Å². The molecule has 1 amide bonds. The van der Waals surface area contributed by atoms with Crippen molar-refractivity contribution in [2.24, 2.45) is 0 Å². The standard InChI is InChI=1S/C31H31N3O4/c1-18-6-5-7-27(32-18)34-31(36)28-19(2)33-25-16-22(20-8-12-23(37-3)13-9-20)17-26(35)30(25)29(28)21-10-14-24(38-4)15-11-21/h5-15,22,29,33H,16-17H2,1-4H3,(H,32,34,36). The van der Waals surface area contributed by atoms with E-state index in [1.807, 2.05) is 74.5 Å². The van der Waals surface area contributed by atoms with Crippen LogP contribution in [0.5, 0.6) is 11.5 Å². The number of hydrogen-bond donors (Lipinski definition) is 2. The summed E-state index contributed by atoms with van der Waals surface area (Å²) in [5.41, 5.74) is 5.49. The lowest BCUT2D eigenvalue weighted by Crippen LogP contribution is -2.37. The number of allylic oxidation sites excluding steroid dienone is 3. The molecular weight excluding hydrogens is 478 g/mol. The molecule has 2 aromatic carbocycles. The zero-order chi connectivity index (χ0) is 26.8. The van der Waals surface area contributed by atoms with Crippen molar-refractivity contribution in [1.29, 1.82) is 0 Å². The number of amides is 1. The maximum atomic E-state index is 13.8. The van der Waals surface area contributed by atoms with Gasteiger partial charge >= 0.3 is 0 Å². The summed E-state index contributed by atoms with van der Waals surface area (Å²) in [5, 5.41) is 6.37. The van der Waals surface area contributed by atoms with Crippen LogP contribution in [-0.2, 0) is 9.59 Å². The molecule has 2 N–H and O–H groups in total. The number of carbonyl (C=O) groups is 2. The van der Waals surface area contributed by atoms with Crippen LogP contribution >= 0.6 is 0 Å². The number of nitrogens with zero attached hydrogens (tertiary/aromatic N) is 1. The Morgan fingerprint density at radius 1 is 0.895 bits per heavy atom. The molecule has 5 rings (SSSR count). The number of nitrogens with one attached hydrogen (secondary N) is 2. The van der Waals surface area contributed by atoms with Gasteiger partial charge in [-0.3, -0.25) is 9.59 Å². The summed E-state index contributed by atoms with van der Waals surface area (Å²) in [7, 11) is 3.25. The molecule has 0 radical (unpaired) electrons. The van der Waals surface area contributed by atoms with Crippen molar-refractivity contribution >= 4 is 17.5 Å². The van der Waals surface area contributed by atoms with Crippen LogP contribution < -0.4 is 20.1 Å². The van der Waals surface area contributed by atoms with Crippen molar-refractivity contribution in [1.82, 2.24) is 10.3 Å². The van der Waals surface area contributed by atoms with Crippen molar-refractivity contribution in [2.75, 3.05) is 19.5 Å². The lowest BCUT2D eigenvalue weighted by molar-refractivity contribution is -0.116. The highest BCUT2D eigenvalue weighted by molar-refractivity contribution is 6.09. The van der Waals surface area contributed by atoms with E-state index in [4.69, 9.17) is 9.47 Å². The number of Topliss-reactive ketones (excluding diaryl/α,β-unsaturated/α-hetero) is 1. The molecule has 7 heteroatoms. The first-order chi connectivity index (χ1) is 18.4. The topological polar surface area (TPSA) is 89.5 Å². The number of aromatic nitrogens is 1. The Morgan fingerprint density at radius 2 is 1.53 bits per heavy atom. The van der Waals surface area contributed by atoms with Crippen LogP contribution in [0.2, 0.25) is 0 Å². The summed E-state index contributed by atoms with van der Waals surface area (Å²) in [6.45, 7) is 3.76. The van der Waals surface area contributed by atoms with Crippen molar-refractivity contribution < 1.29 is 19.1 Å². The Kier molecular flexibility index (Phi) is 7.01. The highest BCUT2D eigenvalue weighted by atomic mass is 16.5. The average molecular weight is 510 g/mol. The first-order valence-electron chi connectivity index (χ1n) is 12.6. The number of rotatable bonds is 6. The molecule has 1 aliphatic carbocycles. The molecule has 38 heavy (non-hydrogen) atoms. The lowest BCUT2D eigenvalue weighted by Gasteiger charge is -2.37. The third-order valence-electron chi connectivity index (χ3n) is 7.24. The maximum absolute atomic E-state index is 13.8. The van der Waals surface area contributed by atoms with Crippen LogP contribution in [0.1, 0.15) is 48.4 Å². The Morgan fingerprint density at radius 3 is 2.13 bits per heavy atom. The van der Waals surface area contributed by atoms with E-state index in [2.05, 4.69) is 15.6 Å². The molecule has 0 saturated heterocycles. The number of hydrogen-bond acceptors (Lipinski definition) is 6. The first kappa shape index (κ1) is 25.3. The number of ether oxygens (including phenoxy) is 2. The predicted molar refractivity (Wildman–Crippen MR) is 146 cm³/mol. The Balaban J connectivity index is 1.54. The summed E-state index contributed by atoms with van der Waals surface area (Å²) in [6, 6.07) is 20.9. The highest BCUT2D eigenvalue weighted by Gasteiger charge is 2.41. The highest BCUT2D eigenvalue weighted by Crippen LogP contribution is 2.46. The van der Waals surface area contributed by atoms with E-state index in [1.165, 1.54) is 0 Å². The molecule has 1 aliphatic heterocycles. The van der Waals surface area contributed by atoms with Gasteiger partial charge in [-0.1, -0.05) is 30.3 Å². The fourth-order valence-corrected chi connectivity index (χ4v) is 5.38. The number of benzene rings is 2. The van der Waals surface area contributed by atoms with Gasteiger partial charge in [-0.05, 0) is 73.7 Å². The number of pyridine rings is 1. The maximum Gasteiger partial charge on any atom is 0.255 e. The van der Waals surface area contributed by atoms with Gasteiger partial charge < -0.3 is 20.1 Å². The van der Waals surface area contributed by atoms with Crippen molar-refractivity contribution in [3.63, 3.8) is 0 Å². The van der Waals surface area contributed by atoms with Crippen molar-refractivity contribution in [3.05, 3.63) is 106 Å². The normalized spacial score (nSPS) is 19.0. The quantitative estimate of drug-likeness (QED) is 0.462. The minimum atomic E-state index is -0.508. The van der Waals surface area contributed by atoms with Gasteiger partial charge in [0, 0.05) is 40.6 Å². The Labute approximate surface area is 222 Å². The zero-order valence-corrected chi connectivity index (χ0v) is 22.0. The summed E-state index contributed by atoms with van der Waals surface area (Å²) in [6.07, 6.45) is 1.04. The van der Waals surface area contributed by atoms with E-state index >= 15 is 0 Å². The summed E-state index contributed by atoms with van der Waals surface area (Å²) >= 11 is 0. The molecule has 0 bridgehead atoms. The molecule has 194 valence electrons. The number of dihydropyridines is 1. The fourth-order valence-electron chi connectivity index (χ4n) is 5.38. The largest absolute Gasteiger partial charge is 0.497 e. The third-order valence-corrected chi connectivity index (χ3v) is 7.24. The van der Waals surface area contributed by atoms with Gasteiger partial charge in [0.1, 0.15) is 17.3 Å². The number of methoxy groups -OCH3 is 2. The Hall–Kier alpha value is -4.39. The minimum absolute atomic E-state index is 0.0341. The van der Waals surface area contributed by atoms with Crippen LogP contribution in [0, 0.1) is 6.92 Å². The third kappa shape index (κ3) is 4.92. The van der Waals surface area contributed by atoms with Gasteiger partial charge in [-0.2, -0.15) is 0 Å². The molecule has 2 atom stereocenters. The molecule has 0 saturated carbocycles. The van der Waals surface area contributed by atoms with Gasteiger partial charge in [0.25, 0.3) is 5.91 Å². The Bertz CT molecular complexity index is 1440. The van der Waals surface area contributed by atoms with E-state index in [-0.39, 0.29) is 17.6 Å². The predicted octanol–water partition coefficient (Wildman–Crippen LogP) is 5.41. The minimum Gasteiger partial charge on any atom is -0.497 e. The SMILES string of the molecule is COc1ccc(C2CC(=O)C3=C(C2)NC(C)=C(C(=O)Nc2cccc(C)n2)C3c2ccc(OC)cc2)cc1. The second-order valence-corrected chi connectivity index (χ2v) is 9.68. The van der Waals surface area contributed by atoms with Crippen LogP contribution in [-0.4, -0.2) is 30.9 Å². The summed E-state index contributed by atoms with van der Waals surface area (Å²) < 4.78 is 10.6. The average Bonchev–Trinajstić information content (AvgIpc) is 2.92. The first-order valence-corrected chi connectivity index (χ1v) is 12.6. The van der Waals surface area contributed by atoms with Crippen LogP contribution in [0.3, 0.4) is 0 Å². The molecule has 7 nitrogen and oxygen atoms in total. The molecule has 3 aromatic rings. The van der Waals surface area contributed by atoms with Crippen molar-refractivity contribution in [3.8, 4) is 11.5 Å². The van der Waals surface area contributed by atoms with Gasteiger partial charge in [-0.25, -0.2) is 4.98 Å². The van der Waals surface area contributed by atoms with Gasteiger partial charge in [-0.15, -0.1) is 0 Å². The molecule has 1 aromatic heterocycles. The van der Waals surface area contributed by atoms with Gasteiger partial charge in [0.15, 0.2) is 5.78 Å². The number of anilines is 1. The van der Waals surface area contributed by atoms with Crippen molar-refractivity contribution in [2.45, 2.75) is 38.5 Å². The lowest BCUT2D eigenvalue weighted by atomic mass is 9.71. The smallest absolute Gasteiger partial charge is 0.255 e. The van der Waals surface area contributed by atoms with Crippen LogP contribution in [0.25, 0.3) is 0 Å². The number of carbonyl (C=O) groups excluding carboxylic acids is 2. The molecule has 2 heterocycles. The van der Waals surface area contributed by atoms with Gasteiger partial charge in [0.05, 0.1) is 14.2 Å². The number of ketones is 1. The van der Waals surface area contributed by atoms with E-state index in [0.29, 0.717) is 35.6 Å². The van der Waals surface area contributed by atoms with Crippen LogP contribution in [0.15, 0.2) is 89.3 Å². The molecular formula is C31H31N3O4. The zero-order valence-electron chi connectivity index (χ0n) is 22.0. The molecule has 2 unspecified atom stereocenters. The fraction of sp³-hybridized carbons (Fsp3) is 0.258. The molecule has 2 aliphatic rings. The van der Waals surface area contributed by atoms with E-state index in [9.17, 15) is 9.59 Å². The second-order valence-electron chi connectivity index (χ2n) is 9.68. The van der Waals surface area contributed by atoms with E-state index < -0.39 is 5.92 Å². The molecule has 0 spiro atoms. The summed E-state index contributed by atoms with van der Waals surface area (Å²) in [4.78, 5) is 31.9. The monoisotopic (exact) mass is 509 g/mol. The van der Waals surface area contributed by atoms with Crippen LogP contribution in [0.4, 0.5) is 5.82 Å². The van der Waals surface area contributed by atoms with Gasteiger partial charge in [0.2, 0.25) is 0 Å². The summed E-state index contributed by atoms with van der Waals surface area (Å²) in [5.74, 6) is 1.24. The molecule has 0 fully saturated rings. The number of aryl methyl sites for hydroxylation is 1.